The fraction of sp³-hybridized carbons (Fsp3) is 0.944. The first-order chi connectivity index (χ1) is 10.7. The Morgan fingerprint density at radius 1 is 1.13 bits per heavy atom. The number of ether oxygens (including phenoxy) is 1. The molecule has 1 aliphatic carbocycles. The number of hydrogen-bond acceptors (Lipinski definition) is 3. The number of carbonyl (C=O) groups is 1. The third-order valence-corrected chi connectivity index (χ3v) is 6.82. The summed E-state index contributed by atoms with van der Waals surface area (Å²) in [7, 11) is 0. The van der Waals surface area contributed by atoms with Gasteiger partial charge in [-0.1, -0.05) is 12.8 Å². The summed E-state index contributed by atoms with van der Waals surface area (Å²) in [4.78, 5) is 15.7. The quantitative estimate of drug-likeness (QED) is 0.796. The zero-order valence-electron chi connectivity index (χ0n) is 14.1. The van der Waals surface area contributed by atoms with Crippen molar-refractivity contribution in [3.63, 3.8) is 0 Å². The first-order valence-corrected chi connectivity index (χ1v) is 9.32. The van der Waals surface area contributed by atoms with Crippen LogP contribution in [0.3, 0.4) is 0 Å². The maximum Gasteiger partial charge on any atom is 0.230 e. The van der Waals surface area contributed by atoms with Gasteiger partial charge in [-0.2, -0.15) is 0 Å². The molecule has 4 fully saturated rings. The zero-order chi connectivity index (χ0) is 15.0. The van der Waals surface area contributed by atoms with E-state index in [4.69, 9.17) is 4.74 Å². The molecule has 1 unspecified atom stereocenters. The molecule has 132 valence electrons. The number of nitrogens with one attached hydrogen (secondary N) is 1. The van der Waals surface area contributed by atoms with E-state index in [2.05, 4.69) is 10.2 Å². The highest BCUT2D eigenvalue weighted by molar-refractivity contribution is 5.85. The Morgan fingerprint density at radius 3 is 2.83 bits per heavy atom. The highest BCUT2D eigenvalue weighted by Crippen LogP contribution is 2.46. The van der Waals surface area contributed by atoms with Gasteiger partial charge in [-0.25, -0.2) is 0 Å². The Balaban J connectivity index is 0.00000156. The number of amides is 1. The summed E-state index contributed by atoms with van der Waals surface area (Å²) in [5, 5.41) is 3.52. The van der Waals surface area contributed by atoms with E-state index in [1.807, 2.05) is 0 Å². The predicted molar refractivity (Wildman–Crippen MR) is 92.8 cm³/mol. The van der Waals surface area contributed by atoms with Crippen LogP contribution in [0.4, 0.5) is 0 Å². The van der Waals surface area contributed by atoms with E-state index < -0.39 is 0 Å². The molecule has 0 aromatic carbocycles. The topological polar surface area (TPSA) is 41.6 Å². The molecule has 0 aromatic heterocycles. The number of carbonyl (C=O) groups excluding carboxylic acids is 1. The second kappa shape index (κ2) is 6.89. The van der Waals surface area contributed by atoms with Crippen molar-refractivity contribution in [1.82, 2.24) is 10.2 Å². The van der Waals surface area contributed by atoms with E-state index >= 15 is 0 Å². The molecule has 3 atom stereocenters. The highest BCUT2D eigenvalue weighted by Gasteiger charge is 2.52. The summed E-state index contributed by atoms with van der Waals surface area (Å²) in [5.74, 6) is 1.04. The third kappa shape index (κ3) is 3.03. The number of fused-ring (bicyclic) bond motifs is 1. The molecule has 1 spiro atoms. The van der Waals surface area contributed by atoms with Crippen molar-refractivity contribution in [2.45, 2.75) is 51.4 Å². The Bertz CT molecular complexity index is 433. The Hall–Kier alpha value is -0.320. The van der Waals surface area contributed by atoms with Gasteiger partial charge in [0.1, 0.15) is 0 Å². The minimum Gasteiger partial charge on any atom is -0.381 e. The Labute approximate surface area is 146 Å². The molecule has 23 heavy (non-hydrogen) atoms. The molecule has 0 radical (unpaired) electrons. The van der Waals surface area contributed by atoms with Crippen LogP contribution in [0.15, 0.2) is 0 Å². The SMILES string of the molecule is Cl.O=C(N1CCCC2(CCCOC2)C1)[C@@]12CCCC[C@H]1CNC2. The molecule has 4 aliphatic rings. The van der Waals surface area contributed by atoms with Gasteiger partial charge in [0.05, 0.1) is 12.0 Å². The molecule has 3 saturated heterocycles. The van der Waals surface area contributed by atoms with E-state index in [9.17, 15) is 4.79 Å². The summed E-state index contributed by atoms with van der Waals surface area (Å²) in [5.41, 5.74) is 0.186. The van der Waals surface area contributed by atoms with Crippen LogP contribution in [0.1, 0.15) is 51.4 Å². The first kappa shape index (κ1) is 17.5. The Morgan fingerprint density at radius 2 is 2.00 bits per heavy atom. The molecular formula is C18H31ClN2O2. The summed E-state index contributed by atoms with van der Waals surface area (Å²) >= 11 is 0. The van der Waals surface area contributed by atoms with Gasteiger partial charge in [-0.15, -0.1) is 12.4 Å². The highest BCUT2D eigenvalue weighted by atomic mass is 35.5. The van der Waals surface area contributed by atoms with E-state index in [1.165, 1.54) is 32.1 Å². The van der Waals surface area contributed by atoms with Crippen molar-refractivity contribution in [2.75, 3.05) is 39.4 Å². The predicted octanol–water partition coefficient (Wildman–Crippen LogP) is 2.61. The number of piperidine rings is 1. The summed E-state index contributed by atoms with van der Waals surface area (Å²) in [6.07, 6.45) is 9.67. The van der Waals surface area contributed by atoms with Crippen LogP contribution < -0.4 is 5.32 Å². The van der Waals surface area contributed by atoms with Crippen molar-refractivity contribution < 1.29 is 9.53 Å². The molecule has 0 bridgehead atoms. The molecule has 0 aromatic rings. The van der Waals surface area contributed by atoms with Crippen LogP contribution in [-0.4, -0.2) is 50.2 Å². The lowest BCUT2D eigenvalue weighted by Crippen LogP contribution is -2.56. The molecule has 5 heteroatoms. The third-order valence-electron chi connectivity index (χ3n) is 6.82. The van der Waals surface area contributed by atoms with Crippen molar-refractivity contribution in [3.05, 3.63) is 0 Å². The van der Waals surface area contributed by atoms with Gasteiger partial charge in [-0.3, -0.25) is 4.79 Å². The number of hydrogen-bond donors (Lipinski definition) is 1. The summed E-state index contributed by atoms with van der Waals surface area (Å²) < 4.78 is 5.77. The van der Waals surface area contributed by atoms with Gasteiger partial charge in [0.2, 0.25) is 5.91 Å². The molecule has 1 saturated carbocycles. The molecule has 4 rings (SSSR count). The normalized spacial score (nSPS) is 40.5. The van der Waals surface area contributed by atoms with E-state index in [1.54, 1.807) is 0 Å². The standard InChI is InChI=1S/C18H30N2O2.ClH/c21-16(18-8-2-1-5-15(18)11-19-12-18)20-9-3-6-17(13-20)7-4-10-22-14-17;/h15,19H,1-14H2;1H/t15-,17?,18+;/m0./s1. The number of nitrogens with zero attached hydrogens (tertiary/aromatic N) is 1. The van der Waals surface area contributed by atoms with Gasteiger partial charge < -0.3 is 15.0 Å². The van der Waals surface area contributed by atoms with Gasteiger partial charge in [0.15, 0.2) is 0 Å². The van der Waals surface area contributed by atoms with Crippen LogP contribution in [-0.2, 0) is 9.53 Å². The molecule has 3 heterocycles. The number of halogens is 1. The molecular weight excluding hydrogens is 312 g/mol. The van der Waals surface area contributed by atoms with E-state index in [-0.39, 0.29) is 23.2 Å². The maximum atomic E-state index is 13.4. The van der Waals surface area contributed by atoms with E-state index in [0.29, 0.717) is 11.8 Å². The fourth-order valence-corrected chi connectivity index (χ4v) is 5.60. The smallest absolute Gasteiger partial charge is 0.230 e. The largest absolute Gasteiger partial charge is 0.381 e. The van der Waals surface area contributed by atoms with Gasteiger partial charge >= 0.3 is 0 Å². The fourth-order valence-electron chi connectivity index (χ4n) is 5.60. The second-order valence-corrected chi connectivity index (χ2v) is 8.22. The lowest BCUT2D eigenvalue weighted by atomic mass is 9.66. The lowest BCUT2D eigenvalue weighted by Gasteiger charge is -2.48. The summed E-state index contributed by atoms with van der Waals surface area (Å²) in [6, 6.07) is 0. The molecule has 1 amide bonds. The summed E-state index contributed by atoms with van der Waals surface area (Å²) in [6.45, 7) is 5.65. The van der Waals surface area contributed by atoms with Gasteiger partial charge in [-0.05, 0) is 51.0 Å². The molecule has 1 N–H and O–H groups in total. The number of likely N-dealkylation sites (tertiary alicyclic amines) is 1. The van der Waals surface area contributed by atoms with Gasteiger partial charge in [0, 0.05) is 31.7 Å². The average molecular weight is 343 g/mol. The number of rotatable bonds is 1. The average Bonchev–Trinajstić information content (AvgIpc) is 3.00. The minimum absolute atomic E-state index is 0. The van der Waals surface area contributed by atoms with Gasteiger partial charge in [0.25, 0.3) is 0 Å². The van der Waals surface area contributed by atoms with Crippen LogP contribution in [0.2, 0.25) is 0 Å². The lowest BCUT2D eigenvalue weighted by molar-refractivity contribution is -0.152. The zero-order valence-corrected chi connectivity index (χ0v) is 15.0. The second-order valence-electron chi connectivity index (χ2n) is 8.22. The van der Waals surface area contributed by atoms with Crippen LogP contribution >= 0.6 is 12.4 Å². The van der Waals surface area contributed by atoms with Crippen molar-refractivity contribution >= 4 is 18.3 Å². The van der Waals surface area contributed by atoms with E-state index in [0.717, 1.165) is 58.7 Å². The molecule has 4 nitrogen and oxygen atoms in total. The van der Waals surface area contributed by atoms with Crippen LogP contribution in [0, 0.1) is 16.7 Å². The first-order valence-electron chi connectivity index (χ1n) is 9.32. The van der Waals surface area contributed by atoms with Crippen molar-refractivity contribution in [2.24, 2.45) is 16.7 Å². The maximum absolute atomic E-state index is 13.4. The van der Waals surface area contributed by atoms with Crippen LogP contribution in [0.25, 0.3) is 0 Å². The van der Waals surface area contributed by atoms with Crippen molar-refractivity contribution in [3.8, 4) is 0 Å². The van der Waals surface area contributed by atoms with Crippen LogP contribution in [0.5, 0.6) is 0 Å². The monoisotopic (exact) mass is 342 g/mol. The Kier molecular flexibility index (Phi) is 5.24. The molecule has 3 aliphatic heterocycles. The van der Waals surface area contributed by atoms with Crippen molar-refractivity contribution in [1.29, 1.82) is 0 Å². The minimum atomic E-state index is -0.0771.